The SMILES string of the molecule is c1ccc2c(c1)-c1cccc3c(-c4cccc5sc6ccc(-c7cccc8ccccc78)cc6c45)ccc-2c13. The van der Waals surface area contributed by atoms with Crippen LogP contribution in [-0.4, -0.2) is 0 Å². The highest BCUT2D eigenvalue weighted by molar-refractivity contribution is 7.26. The lowest BCUT2D eigenvalue weighted by Gasteiger charge is -2.12. The van der Waals surface area contributed by atoms with Crippen molar-refractivity contribution in [3.8, 4) is 44.5 Å². The van der Waals surface area contributed by atoms with Crippen LogP contribution >= 0.6 is 11.3 Å². The first-order chi connectivity index (χ1) is 19.3. The maximum absolute atomic E-state index is 2.41. The molecule has 1 heteroatoms. The van der Waals surface area contributed by atoms with Crippen molar-refractivity contribution in [1.82, 2.24) is 0 Å². The van der Waals surface area contributed by atoms with E-state index >= 15 is 0 Å². The van der Waals surface area contributed by atoms with Crippen molar-refractivity contribution >= 4 is 53.1 Å². The van der Waals surface area contributed by atoms with Crippen molar-refractivity contribution in [3.63, 3.8) is 0 Å². The zero-order valence-electron chi connectivity index (χ0n) is 21.1. The maximum atomic E-state index is 2.41. The van der Waals surface area contributed by atoms with Crippen molar-refractivity contribution in [2.45, 2.75) is 0 Å². The lowest BCUT2D eigenvalue weighted by atomic mass is 9.91. The van der Waals surface area contributed by atoms with Gasteiger partial charge in [0.15, 0.2) is 0 Å². The van der Waals surface area contributed by atoms with Crippen molar-refractivity contribution < 1.29 is 0 Å². The van der Waals surface area contributed by atoms with Crippen molar-refractivity contribution in [2.75, 3.05) is 0 Å². The Balaban J connectivity index is 1.33. The van der Waals surface area contributed by atoms with Gasteiger partial charge in [0.1, 0.15) is 0 Å². The molecule has 0 saturated heterocycles. The van der Waals surface area contributed by atoms with E-state index < -0.39 is 0 Å². The standard InChI is InChI=1S/C38H22S/c1-2-10-25-23(8-1)9-5-13-26(25)24-18-21-35-34(22-24)38-32(16-7-17-36(38)39-35)29-19-20-33-28-12-4-3-11-27(28)30-14-6-15-31(29)37(30)33/h1-22H. The van der Waals surface area contributed by atoms with E-state index in [0.717, 1.165) is 0 Å². The molecule has 0 amide bonds. The quantitative estimate of drug-likeness (QED) is 0.217. The monoisotopic (exact) mass is 510 g/mol. The molecule has 1 aliphatic carbocycles. The highest BCUT2D eigenvalue weighted by atomic mass is 32.1. The molecule has 0 bridgehead atoms. The van der Waals surface area contributed by atoms with Gasteiger partial charge in [-0.3, -0.25) is 0 Å². The summed E-state index contributed by atoms with van der Waals surface area (Å²) in [5, 5.41) is 7.98. The second-order valence-corrected chi connectivity index (χ2v) is 11.5. The minimum Gasteiger partial charge on any atom is -0.135 e. The zero-order chi connectivity index (χ0) is 25.5. The van der Waals surface area contributed by atoms with Gasteiger partial charge in [-0.1, -0.05) is 115 Å². The van der Waals surface area contributed by atoms with Gasteiger partial charge in [-0.05, 0) is 84.3 Å². The molecule has 1 aromatic heterocycles. The van der Waals surface area contributed by atoms with E-state index in [1.54, 1.807) is 0 Å². The van der Waals surface area contributed by atoms with E-state index in [9.17, 15) is 0 Å². The van der Waals surface area contributed by atoms with Crippen LogP contribution < -0.4 is 0 Å². The van der Waals surface area contributed by atoms with Gasteiger partial charge in [-0.25, -0.2) is 0 Å². The third kappa shape index (κ3) is 2.94. The smallest absolute Gasteiger partial charge is 0.0361 e. The molecule has 0 spiro atoms. The molecule has 0 atom stereocenters. The van der Waals surface area contributed by atoms with Gasteiger partial charge in [-0.15, -0.1) is 11.3 Å². The van der Waals surface area contributed by atoms with Crippen LogP contribution in [0, 0.1) is 0 Å². The molecule has 0 unspecified atom stereocenters. The fourth-order valence-corrected chi connectivity index (χ4v) is 7.85. The molecule has 0 aliphatic heterocycles. The van der Waals surface area contributed by atoms with E-state index in [1.165, 1.54) is 86.2 Å². The van der Waals surface area contributed by atoms with Crippen LogP contribution in [0.3, 0.4) is 0 Å². The molecule has 8 aromatic rings. The molecule has 39 heavy (non-hydrogen) atoms. The highest BCUT2D eigenvalue weighted by Crippen LogP contribution is 2.50. The second kappa shape index (κ2) is 7.89. The third-order valence-corrected chi connectivity index (χ3v) is 9.57. The lowest BCUT2D eigenvalue weighted by Crippen LogP contribution is -1.85. The highest BCUT2D eigenvalue weighted by Gasteiger charge is 2.23. The third-order valence-electron chi connectivity index (χ3n) is 8.43. The molecule has 7 aromatic carbocycles. The molecular weight excluding hydrogens is 488 g/mol. The molecule has 0 fully saturated rings. The normalized spacial score (nSPS) is 12.1. The van der Waals surface area contributed by atoms with Crippen molar-refractivity contribution in [3.05, 3.63) is 133 Å². The Morgan fingerprint density at radius 1 is 0.333 bits per heavy atom. The molecule has 0 radical (unpaired) electrons. The van der Waals surface area contributed by atoms with Crippen LogP contribution in [0.4, 0.5) is 0 Å². The Labute approximate surface area is 230 Å². The molecule has 180 valence electrons. The fraction of sp³-hybridized carbons (Fsp3) is 0. The van der Waals surface area contributed by atoms with Gasteiger partial charge < -0.3 is 0 Å². The summed E-state index contributed by atoms with van der Waals surface area (Å²) < 4.78 is 2.67. The number of fused-ring (bicyclic) bond motifs is 7. The van der Waals surface area contributed by atoms with Crippen LogP contribution in [0.1, 0.15) is 0 Å². The van der Waals surface area contributed by atoms with Crippen molar-refractivity contribution in [2.24, 2.45) is 0 Å². The second-order valence-electron chi connectivity index (χ2n) is 10.5. The van der Waals surface area contributed by atoms with Crippen molar-refractivity contribution in [1.29, 1.82) is 0 Å². The lowest BCUT2D eigenvalue weighted by molar-refractivity contribution is 1.69. The number of hydrogen-bond donors (Lipinski definition) is 0. The average Bonchev–Trinajstić information content (AvgIpc) is 3.54. The van der Waals surface area contributed by atoms with Crippen LogP contribution in [0.5, 0.6) is 0 Å². The molecule has 1 heterocycles. The van der Waals surface area contributed by atoms with E-state index in [4.69, 9.17) is 0 Å². The minimum atomic E-state index is 1.27. The Hall–Kier alpha value is -4.72. The molecule has 0 N–H and O–H groups in total. The van der Waals surface area contributed by atoms with Gasteiger partial charge in [-0.2, -0.15) is 0 Å². The summed E-state index contributed by atoms with van der Waals surface area (Å²) in [5.41, 5.74) is 10.6. The van der Waals surface area contributed by atoms with Gasteiger partial charge in [0.05, 0.1) is 0 Å². The predicted molar refractivity (Wildman–Crippen MR) is 170 cm³/mol. The summed E-state index contributed by atoms with van der Waals surface area (Å²) >= 11 is 1.89. The van der Waals surface area contributed by atoms with Gasteiger partial charge in [0.2, 0.25) is 0 Å². The van der Waals surface area contributed by atoms with Gasteiger partial charge >= 0.3 is 0 Å². The number of hydrogen-bond acceptors (Lipinski definition) is 1. The zero-order valence-corrected chi connectivity index (χ0v) is 21.9. The predicted octanol–water partition coefficient (Wildman–Crippen LogP) is 11.3. The van der Waals surface area contributed by atoms with Crippen LogP contribution in [0.2, 0.25) is 0 Å². The Bertz CT molecular complexity index is 2250. The van der Waals surface area contributed by atoms with Crippen LogP contribution in [0.25, 0.3) is 86.2 Å². The van der Waals surface area contributed by atoms with Gasteiger partial charge in [0.25, 0.3) is 0 Å². The topological polar surface area (TPSA) is 0 Å². The van der Waals surface area contributed by atoms with E-state index in [2.05, 4.69) is 133 Å². The summed E-state index contributed by atoms with van der Waals surface area (Å²) in [5.74, 6) is 0. The van der Waals surface area contributed by atoms with Crippen LogP contribution in [0.15, 0.2) is 133 Å². The summed E-state index contributed by atoms with van der Waals surface area (Å²) in [6, 6.07) is 49.4. The molecule has 1 aliphatic rings. The van der Waals surface area contributed by atoms with Crippen LogP contribution in [-0.2, 0) is 0 Å². The first-order valence-electron chi connectivity index (χ1n) is 13.4. The van der Waals surface area contributed by atoms with Gasteiger partial charge in [0, 0.05) is 20.2 Å². The maximum Gasteiger partial charge on any atom is 0.0361 e. The summed E-state index contributed by atoms with van der Waals surface area (Å²) in [7, 11) is 0. The van der Waals surface area contributed by atoms with E-state index in [-0.39, 0.29) is 0 Å². The molecule has 9 rings (SSSR count). The number of rotatable bonds is 2. The molecular formula is C38H22S. The molecule has 0 nitrogen and oxygen atoms in total. The summed E-state index contributed by atoms with van der Waals surface area (Å²) in [6.07, 6.45) is 0. The number of benzene rings is 7. The Morgan fingerprint density at radius 3 is 1.85 bits per heavy atom. The largest absolute Gasteiger partial charge is 0.135 e. The summed E-state index contributed by atoms with van der Waals surface area (Å²) in [6.45, 7) is 0. The number of thiophene rings is 1. The van der Waals surface area contributed by atoms with E-state index in [0.29, 0.717) is 0 Å². The van der Waals surface area contributed by atoms with E-state index in [1.807, 2.05) is 11.3 Å². The average molecular weight is 511 g/mol. The fourth-order valence-electron chi connectivity index (χ4n) is 6.74. The Kier molecular flexibility index (Phi) is 4.30. The summed E-state index contributed by atoms with van der Waals surface area (Å²) in [4.78, 5) is 0. The Morgan fingerprint density at radius 2 is 0.949 bits per heavy atom. The first-order valence-corrected chi connectivity index (χ1v) is 14.3. The minimum absolute atomic E-state index is 1.27. The first kappa shape index (κ1) is 21.2. The molecule has 0 saturated carbocycles.